The fourth-order valence-corrected chi connectivity index (χ4v) is 8.69. The summed E-state index contributed by atoms with van der Waals surface area (Å²) >= 11 is 0. The monoisotopic (exact) mass is 714 g/mol. The molecule has 0 amide bonds. The molecule has 0 unspecified atom stereocenters. The van der Waals surface area contributed by atoms with E-state index in [0.717, 1.165) is 59.0 Å². The van der Waals surface area contributed by atoms with Crippen LogP contribution >= 0.6 is 0 Å². The van der Waals surface area contributed by atoms with Crippen molar-refractivity contribution in [2.24, 2.45) is 0 Å². The second kappa shape index (κ2) is 17.5. The Hall–Kier alpha value is -3.93. The highest BCUT2D eigenvalue weighted by Crippen LogP contribution is 2.39. The SMILES string of the molecule is COCCCN1CCOc2ccc(CO[C@H]3CN(S(=O)(=O)c4ccc(C)cc4)[C@@H](CCOCc4ccccc4)C[C@@H]3c3ccc(OC)cc3)cc21. The van der Waals surface area contributed by atoms with Crippen molar-refractivity contribution in [2.45, 2.75) is 62.4 Å². The topological polar surface area (TPSA) is 86.8 Å². The third kappa shape index (κ3) is 9.30. The number of hydrogen-bond acceptors (Lipinski definition) is 8. The number of aryl methyl sites for hydroxylation is 1. The molecular weight excluding hydrogens is 665 g/mol. The molecule has 0 bridgehead atoms. The molecule has 0 aromatic heterocycles. The Balaban J connectivity index is 1.26. The number of anilines is 1. The molecule has 6 rings (SSSR count). The van der Waals surface area contributed by atoms with Gasteiger partial charge in [-0.25, -0.2) is 8.42 Å². The molecule has 4 aromatic rings. The molecule has 0 saturated carbocycles. The number of ether oxygens (including phenoxy) is 5. The summed E-state index contributed by atoms with van der Waals surface area (Å²) in [6, 6.07) is 31.1. The highest BCUT2D eigenvalue weighted by atomic mass is 32.2. The first-order chi connectivity index (χ1) is 24.9. The van der Waals surface area contributed by atoms with E-state index in [1.165, 1.54) is 0 Å². The van der Waals surface area contributed by atoms with Gasteiger partial charge in [-0.3, -0.25) is 0 Å². The van der Waals surface area contributed by atoms with Crippen molar-refractivity contribution < 1.29 is 32.1 Å². The highest BCUT2D eigenvalue weighted by molar-refractivity contribution is 7.89. The van der Waals surface area contributed by atoms with Crippen LogP contribution in [0.5, 0.6) is 11.5 Å². The zero-order chi connectivity index (χ0) is 35.6. The summed E-state index contributed by atoms with van der Waals surface area (Å²) in [5.74, 6) is 1.59. The summed E-state index contributed by atoms with van der Waals surface area (Å²) in [7, 11) is -0.455. The normalized spacial score (nSPS) is 19.4. The molecule has 0 radical (unpaired) electrons. The van der Waals surface area contributed by atoms with Crippen LogP contribution in [-0.2, 0) is 37.4 Å². The van der Waals surface area contributed by atoms with Crippen molar-refractivity contribution in [3.05, 3.63) is 119 Å². The minimum absolute atomic E-state index is 0.0500. The van der Waals surface area contributed by atoms with E-state index in [2.05, 4.69) is 23.1 Å². The Morgan fingerprint density at radius 3 is 2.39 bits per heavy atom. The Morgan fingerprint density at radius 2 is 1.65 bits per heavy atom. The van der Waals surface area contributed by atoms with Crippen LogP contribution in [-0.4, -0.2) is 78.5 Å². The maximum atomic E-state index is 14.4. The Morgan fingerprint density at radius 1 is 0.863 bits per heavy atom. The van der Waals surface area contributed by atoms with E-state index in [4.69, 9.17) is 23.7 Å². The average molecular weight is 715 g/mol. The molecule has 2 aliphatic heterocycles. The van der Waals surface area contributed by atoms with Crippen LogP contribution in [0.3, 0.4) is 0 Å². The third-order valence-electron chi connectivity index (χ3n) is 9.84. The first kappa shape index (κ1) is 36.8. The fraction of sp³-hybridized carbons (Fsp3) is 0.415. The van der Waals surface area contributed by atoms with Crippen molar-refractivity contribution >= 4 is 15.7 Å². The second-order valence-corrected chi connectivity index (χ2v) is 15.2. The van der Waals surface area contributed by atoms with Crippen LogP contribution in [0.25, 0.3) is 0 Å². The van der Waals surface area contributed by atoms with E-state index in [9.17, 15) is 8.42 Å². The van der Waals surface area contributed by atoms with Gasteiger partial charge in [-0.15, -0.1) is 0 Å². The van der Waals surface area contributed by atoms with Crippen LogP contribution in [0.1, 0.15) is 47.4 Å². The maximum absolute atomic E-state index is 14.4. The van der Waals surface area contributed by atoms with Gasteiger partial charge in [-0.1, -0.05) is 66.2 Å². The molecule has 272 valence electrons. The van der Waals surface area contributed by atoms with Crippen LogP contribution < -0.4 is 14.4 Å². The highest BCUT2D eigenvalue weighted by Gasteiger charge is 2.43. The lowest BCUT2D eigenvalue weighted by molar-refractivity contribution is -0.0247. The van der Waals surface area contributed by atoms with Gasteiger partial charge in [0.15, 0.2) is 0 Å². The summed E-state index contributed by atoms with van der Waals surface area (Å²) in [5, 5.41) is 0. The number of methoxy groups -OCH3 is 2. The molecule has 0 N–H and O–H groups in total. The third-order valence-corrected chi connectivity index (χ3v) is 11.8. The van der Waals surface area contributed by atoms with Crippen molar-refractivity contribution in [2.75, 3.05) is 58.6 Å². The standard InChI is InChI=1S/C41H50N2O7S/c1-31-10-17-37(18-11-31)51(44,45)43-28-41(50-30-33-12-19-40-39(26-33)42(22-25-49-40)21-7-23-46-2)38(34-13-15-36(47-3)16-14-34)27-35(43)20-24-48-29-32-8-5-4-6-9-32/h4-6,8-19,26,35,38,41H,7,20-25,27-30H2,1-3H3/t35-,38+,41-/m0/s1. The van der Waals surface area contributed by atoms with Gasteiger partial charge in [0.05, 0.1) is 43.6 Å². The maximum Gasteiger partial charge on any atom is 0.243 e. The van der Waals surface area contributed by atoms with Crippen molar-refractivity contribution in [3.8, 4) is 11.5 Å². The summed E-state index contributed by atoms with van der Waals surface area (Å²) < 4.78 is 60.1. The molecule has 2 heterocycles. The summed E-state index contributed by atoms with van der Waals surface area (Å²) in [4.78, 5) is 2.62. The number of fused-ring (bicyclic) bond motifs is 1. The quantitative estimate of drug-likeness (QED) is 0.115. The molecule has 4 aromatic carbocycles. The summed E-state index contributed by atoms with van der Waals surface area (Å²) in [6.07, 6.45) is 1.67. The number of hydrogen-bond donors (Lipinski definition) is 0. The molecule has 0 spiro atoms. The van der Waals surface area contributed by atoms with Crippen molar-refractivity contribution in [3.63, 3.8) is 0 Å². The lowest BCUT2D eigenvalue weighted by Gasteiger charge is -2.43. The number of piperidine rings is 1. The van der Waals surface area contributed by atoms with Gasteiger partial charge in [0.2, 0.25) is 10.0 Å². The van der Waals surface area contributed by atoms with Crippen LogP contribution in [0, 0.1) is 6.92 Å². The van der Waals surface area contributed by atoms with Gasteiger partial charge < -0.3 is 28.6 Å². The fourth-order valence-electron chi connectivity index (χ4n) is 7.02. The molecule has 1 saturated heterocycles. The van der Waals surface area contributed by atoms with E-state index in [-0.39, 0.29) is 23.4 Å². The smallest absolute Gasteiger partial charge is 0.243 e. The van der Waals surface area contributed by atoms with E-state index >= 15 is 0 Å². The van der Waals surface area contributed by atoms with Crippen LogP contribution in [0.4, 0.5) is 5.69 Å². The number of sulfonamides is 1. The molecular formula is C41H50N2O7S. The van der Waals surface area contributed by atoms with Gasteiger partial charge in [0.25, 0.3) is 0 Å². The van der Waals surface area contributed by atoms with Crippen molar-refractivity contribution in [1.82, 2.24) is 4.31 Å². The van der Waals surface area contributed by atoms with Crippen molar-refractivity contribution in [1.29, 1.82) is 0 Å². The van der Waals surface area contributed by atoms with Gasteiger partial charge in [-0.05, 0) is 79.3 Å². The Kier molecular flexibility index (Phi) is 12.7. The molecule has 2 aliphatic rings. The Labute approximate surface area is 303 Å². The first-order valence-electron chi connectivity index (χ1n) is 17.8. The largest absolute Gasteiger partial charge is 0.497 e. The molecule has 51 heavy (non-hydrogen) atoms. The number of rotatable bonds is 16. The predicted molar refractivity (Wildman–Crippen MR) is 199 cm³/mol. The van der Waals surface area contributed by atoms with Gasteiger partial charge in [-0.2, -0.15) is 4.31 Å². The average Bonchev–Trinajstić information content (AvgIpc) is 3.16. The molecule has 1 fully saturated rings. The van der Waals surface area contributed by atoms with Crippen LogP contribution in [0.2, 0.25) is 0 Å². The molecule has 3 atom stereocenters. The lowest BCUT2D eigenvalue weighted by atomic mass is 9.83. The molecule has 9 nitrogen and oxygen atoms in total. The predicted octanol–water partition coefficient (Wildman–Crippen LogP) is 6.98. The zero-order valence-corrected chi connectivity index (χ0v) is 30.7. The lowest BCUT2D eigenvalue weighted by Crippen LogP contribution is -2.52. The molecule has 10 heteroatoms. The van der Waals surface area contributed by atoms with Gasteiger partial charge >= 0.3 is 0 Å². The minimum atomic E-state index is -3.84. The zero-order valence-electron chi connectivity index (χ0n) is 29.9. The summed E-state index contributed by atoms with van der Waals surface area (Å²) in [6.45, 7) is 6.44. The van der Waals surface area contributed by atoms with E-state index < -0.39 is 16.1 Å². The first-order valence-corrected chi connectivity index (χ1v) is 19.2. The second-order valence-electron chi connectivity index (χ2n) is 13.3. The van der Waals surface area contributed by atoms with E-state index in [0.29, 0.717) is 45.9 Å². The van der Waals surface area contributed by atoms with Crippen LogP contribution in [0.15, 0.2) is 102 Å². The molecule has 0 aliphatic carbocycles. The van der Waals surface area contributed by atoms with E-state index in [1.807, 2.05) is 73.7 Å². The van der Waals surface area contributed by atoms with Gasteiger partial charge in [0, 0.05) is 45.4 Å². The number of benzene rings is 4. The Bertz CT molecular complexity index is 1790. The summed E-state index contributed by atoms with van der Waals surface area (Å²) in [5.41, 5.74) is 5.24. The minimum Gasteiger partial charge on any atom is -0.497 e. The van der Waals surface area contributed by atoms with Gasteiger partial charge in [0.1, 0.15) is 18.1 Å². The van der Waals surface area contributed by atoms with E-state index in [1.54, 1.807) is 30.7 Å². The number of nitrogens with zero attached hydrogens (tertiary/aromatic N) is 2.